The highest BCUT2D eigenvalue weighted by atomic mass is 32.1. The fourth-order valence-corrected chi connectivity index (χ4v) is 2.71. The largest absolute Gasteiger partial charge is 0.481 e. The van der Waals surface area contributed by atoms with E-state index in [0.717, 1.165) is 0 Å². The van der Waals surface area contributed by atoms with Gasteiger partial charge in [0.25, 0.3) is 0 Å². The minimum absolute atomic E-state index is 0.127. The first kappa shape index (κ1) is 30.4. The Bertz CT molecular complexity index is 804. The Kier molecular flexibility index (Phi) is 13.7. The third-order valence-corrected chi connectivity index (χ3v) is 4.52. The van der Waals surface area contributed by atoms with Gasteiger partial charge in [-0.2, -0.15) is 12.6 Å². The molecule has 4 amide bonds. The van der Waals surface area contributed by atoms with Crippen molar-refractivity contribution in [1.29, 1.82) is 0 Å². The van der Waals surface area contributed by atoms with Gasteiger partial charge in [-0.15, -0.1) is 0 Å². The van der Waals surface area contributed by atoms with Gasteiger partial charge in [-0.1, -0.05) is 0 Å². The number of hydrogen-bond acceptors (Lipinski definition) is 9. The van der Waals surface area contributed by atoms with Crippen molar-refractivity contribution in [3.8, 4) is 0 Å². The van der Waals surface area contributed by atoms with Gasteiger partial charge in [0.2, 0.25) is 23.6 Å². The van der Waals surface area contributed by atoms with Crippen LogP contribution in [-0.2, 0) is 28.8 Å². The summed E-state index contributed by atoms with van der Waals surface area (Å²) in [5, 5.41) is 24.5. The van der Waals surface area contributed by atoms with E-state index in [1.807, 2.05) is 5.32 Å². The maximum Gasteiger partial charge on any atom is 0.326 e. The van der Waals surface area contributed by atoms with Gasteiger partial charge in [-0.05, 0) is 12.8 Å². The molecule has 0 fully saturated rings. The summed E-state index contributed by atoms with van der Waals surface area (Å²) in [6, 6.07) is -5.79. The molecule has 0 radical (unpaired) electrons. The van der Waals surface area contributed by atoms with Gasteiger partial charge in [0.1, 0.15) is 18.1 Å². The van der Waals surface area contributed by atoms with Gasteiger partial charge in [0, 0.05) is 12.3 Å². The summed E-state index contributed by atoms with van der Waals surface area (Å²) in [5.41, 5.74) is 21.0. The van der Waals surface area contributed by atoms with E-state index < -0.39 is 72.6 Å². The molecule has 0 aromatic rings. The second-order valence-electron chi connectivity index (χ2n) is 7.03. The molecule has 34 heavy (non-hydrogen) atoms. The molecule has 0 aromatic heterocycles. The van der Waals surface area contributed by atoms with Crippen molar-refractivity contribution in [1.82, 2.24) is 16.0 Å². The average molecular weight is 507 g/mol. The summed E-state index contributed by atoms with van der Waals surface area (Å²) in [5.74, 6) is -7.32. The number of carbonyl (C=O) groups excluding carboxylic acids is 4. The normalized spacial score (nSPS) is 13.9. The first-order valence-electron chi connectivity index (χ1n) is 9.84. The lowest BCUT2D eigenvalue weighted by atomic mass is 10.1. The van der Waals surface area contributed by atoms with Crippen molar-refractivity contribution in [2.24, 2.45) is 27.9 Å². The molecule has 4 unspecified atom stereocenters. The summed E-state index contributed by atoms with van der Waals surface area (Å²) in [6.07, 6.45) is -1.08. The van der Waals surface area contributed by atoms with Gasteiger partial charge in [0.15, 0.2) is 5.96 Å². The summed E-state index contributed by atoms with van der Waals surface area (Å²) in [6.45, 7) is 0.203. The van der Waals surface area contributed by atoms with E-state index >= 15 is 0 Å². The number of aliphatic carboxylic acids is 2. The molecule has 0 aliphatic rings. The van der Waals surface area contributed by atoms with Crippen LogP contribution in [0.25, 0.3) is 0 Å². The van der Waals surface area contributed by atoms with Crippen molar-refractivity contribution in [3.63, 3.8) is 0 Å². The van der Waals surface area contributed by atoms with E-state index in [1.165, 1.54) is 0 Å². The molecule has 0 aliphatic carbocycles. The van der Waals surface area contributed by atoms with Crippen molar-refractivity contribution in [2.45, 2.75) is 49.9 Å². The first-order valence-corrected chi connectivity index (χ1v) is 10.5. The highest BCUT2D eigenvalue weighted by Gasteiger charge is 2.31. The van der Waals surface area contributed by atoms with Crippen LogP contribution >= 0.6 is 12.6 Å². The molecular formula is C17H30N8O8S. The molecule has 0 bridgehead atoms. The Morgan fingerprint density at radius 1 is 0.824 bits per heavy atom. The van der Waals surface area contributed by atoms with E-state index in [9.17, 15) is 28.8 Å². The number of guanidine groups is 1. The van der Waals surface area contributed by atoms with Crippen LogP contribution < -0.4 is 38.9 Å². The summed E-state index contributed by atoms with van der Waals surface area (Å²) in [4.78, 5) is 74.2. The number of thiol groups is 1. The standard InChI is InChI=1S/C17H30N8O8S/c18-7(2-1-3-22-17(20)21)13(29)23-8(5-12(27)28)14(30)25-10(6-34)15(31)24-9(16(32)33)4-11(19)26/h7-10,34H,1-6,18H2,(H2,19,26)(H,23,29)(H,24,31)(H,25,30)(H,27,28)(H,32,33)(H4,20,21,22). The zero-order valence-corrected chi connectivity index (χ0v) is 19.0. The fraction of sp³-hybridized carbons (Fsp3) is 0.588. The summed E-state index contributed by atoms with van der Waals surface area (Å²) >= 11 is 3.91. The monoisotopic (exact) mass is 506 g/mol. The highest BCUT2D eigenvalue weighted by Crippen LogP contribution is 2.02. The van der Waals surface area contributed by atoms with Crippen LogP contribution in [0.1, 0.15) is 25.7 Å². The molecular weight excluding hydrogens is 476 g/mol. The Labute approximate surface area is 199 Å². The predicted molar refractivity (Wildman–Crippen MR) is 121 cm³/mol. The van der Waals surface area contributed by atoms with E-state index in [0.29, 0.717) is 6.42 Å². The SMILES string of the molecule is NC(=O)CC(NC(=O)C(CS)NC(=O)C(CC(=O)O)NC(=O)C(N)CCCN=C(N)N)C(=O)O. The van der Waals surface area contributed by atoms with Gasteiger partial charge in [-0.25, -0.2) is 4.79 Å². The molecule has 13 N–H and O–H groups in total. The second kappa shape index (κ2) is 15.3. The van der Waals surface area contributed by atoms with Crippen molar-refractivity contribution >= 4 is 54.2 Å². The van der Waals surface area contributed by atoms with Crippen molar-refractivity contribution in [3.05, 3.63) is 0 Å². The van der Waals surface area contributed by atoms with Crippen LogP contribution in [0.3, 0.4) is 0 Å². The Morgan fingerprint density at radius 2 is 1.35 bits per heavy atom. The quantitative estimate of drug-likeness (QED) is 0.0410. The lowest BCUT2D eigenvalue weighted by Gasteiger charge is -2.23. The lowest BCUT2D eigenvalue weighted by molar-refractivity contribution is -0.144. The van der Waals surface area contributed by atoms with Crippen LogP contribution in [0.4, 0.5) is 0 Å². The zero-order chi connectivity index (χ0) is 26.4. The Hall–Kier alpha value is -3.60. The van der Waals surface area contributed by atoms with Gasteiger partial charge in [0.05, 0.1) is 18.9 Å². The molecule has 0 saturated heterocycles. The number of primary amides is 1. The van der Waals surface area contributed by atoms with Crippen LogP contribution in [0, 0.1) is 0 Å². The topological polar surface area (TPSA) is 295 Å². The minimum Gasteiger partial charge on any atom is -0.481 e. The van der Waals surface area contributed by atoms with Gasteiger partial charge >= 0.3 is 11.9 Å². The molecule has 192 valence electrons. The predicted octanol–water partition coefficient (Wildman–Crippen LogP) is -4.81. The molecule has 0 aliphatic heterocycles. The number of carbonyl (C=O) groups is 6. The second-order valence-corrected chi connectivity index (χ2v) is 7.39. The Morgan fingerprint density at radius 3 is 1.82 bits per heavy atom. The fourth-order valence-electron chi connectivity index (χ4n) is 2.45. The van der Waals surface area contributed by atoms with Crippen molar-refractivity contribution < 1.29 is 39.0 Å². The summed E-state index contributed by atoms with van der Waals surface area (Å²) < 4.78 is 0. The molecule has 0 aromatic carbocycles. The molecule has 17 heteroatoms. The number of rotatable bonds is 16. The average Bonchev–Trinajstić information content (AvgIpc) is 2.72. The van der Waals surface area contributed by atoms with Crippen LogP contribution in [0.15, 0.2) is 4.99 Å². The summed E-state index contributed by atoms with van der Waals surface area (Å²) in [7, 11) is 0. The van der Waals surface area contributed by atoms with E-state index in [2.05, 4.69) is 28.3 Å². The highest BCUT2D eigenvalue weighted by molar-refractivity contribution is 7.80. The van der Waals surface area contributed by atoms with Crippen LogP contribution in [0.2, 0.25) is 0 Å². The van der Waals surface area contributed by atoms with E-state index in [4.69, 9.17) is 33.1 Å². The third kappa shape index (κ3) is 12.4. The number of amides is 4. The van der Waals surface area contributed by atoms with E-state index in [-0.39, 0.29) is 24.7 Å². The maximum atomic E-state index is 12.6. The van der Waals surface area contributed by atoms with Crippen molar-refractivity contribution in [2.75, 3.05) is 12.3 Å². The smallest absolute Gasteiger partial charge is 0.326 e. The van der Waals surface area contributed by atoms with Gasteiger partial charge in [-0.3, -0.25) is 29.0 Å². The lowest BCUT2D eigenvalue weighted by Crippen LogP contribution is -2.58. The van der Waals surface area contributed by atoms with E-state index in [1.54, 1.807) is 0 Å². The molecule has 0 saturated carbocycles. The minimum atomic E-state index is -1.66. The maximum absolute atomic E-state index is 12.6. The third-order valence-electron chi connectivity index (χ3n) is 4.15. The number of carboxylic acids is 2. The number of carboxylic acid groups (broad SMARTS) is 2. The van der Waals surface area contributed by atoms with Gasteiger partial charge < -0.3 is 49.1 Å². The molecule has 4 atom stereocenters. The number of nitrogens with zero attached hydrogens (tertiary/aromatic N) is 1. The number of nitrogens with one attached hydrogen (secondary N) is 3. The van der Waals surface area contributed by atoms with Crippen LogP contribution in [0.5, 0.6) is 0 Å². The number of nitrogens with two attached hydrogens (primary N) is 4. The Balaban J connectivity index is 5.19. The zero-order valence-electron chi connectivity index (χ0n) is 18.1. The molecule has 0 rings (SSSR count). The first-order chi connectivity index (χ1) is 15.8. The molecule has 0 heterocycles. The number of hydrogen-bond donors (Lipinski definition) is 10. The molecule has 0 spiro atoms. The number of aliphatic imine (C=N–C) groups is 1. The molecule has 16 nitrogen and oxygen atoms in total. The van der Waals surface area contributed by atoms with Crippen LogP contribution in [-0.4, -0.2) is 88.2 Å².